The monoisotopic (exact) mass is 399 g/mol. The molecule has 7 bridgehead atoms. The Labute approximate surface area is 173 Å². The molecule has 5 heteroatoms. The first kappa shape index (κ1) is 17.7. The van der Waals surface area contributed by atoms with Crippen LogP contribution in [0.5, 0.6) is 0 Å². The van der Waals surface area contributed by atoms with Crippen molar-refractivity contribution in [2.45, 2.75) is 83.5 Å². The molecule has 158 valence electrons. The zero-order chi connectivity index (χ0) is 19.8. The maximum Gasteiger partial charge on any atom is 0.303 e. The standard InChI is InChI=1S/C24H33NO4/c1-13-15-5-8-24(19(13)28-14(2)26)17(11-15)23-7-4-6-22(3)16(23)12-18(24)29-21(23)25-9-10-27-20(22)25/h15-21H,1,4-12H2,2-3H3/t15-,16+,17-,18+,19-,20+,21-,22+,23-,24?/m0/s1. The normalized spacial score (nSPS) is 59.4. The molecular formula is C24H33NO4. The van der Waals surface area contributed by atoms with Gasteiger partial charge in [-0.15, -0.1) is 0 Å². The lowest BCUT2D eigenvalue weighted by Gasteiger charge is -2.80. The van der Waals surface area contributed by atoms with E-state index in [0.29, 0.717) is 17.8 Å². The SMILES string of the molecule is C=C1[C@H]2CCC3([C@@H](C2)[C@]24CCC[C@]5(C)[C@H]2C[C@H]3O[C@@H]4N2CCO[C@@H]25)[C@H]1OC(C)=O. The maximum absolute atomic E-state index is 12.1. The summed E-state index contributed by atoms with van der Waals surface area (Å²) >= 11 is 0. The Bertz CT molecular complexity index is 813. The average Bonchev–Trinajstić information content (AvgIpc) is 3.19. The molecule has 0 aromatic rings. The van der Waals surface area contributed by atoms with Crippen molar-refractivity contribution < 1.29 is 19.0 Å². The van der Waals surface area contributed by atoms with Crippen LogP contribution in [-0.4, -0.2) is 48.7 Å². The van der Waals surface area contributed by atoms with Gasteiger partial charge in [0.2, 0.25) is 0 Å². The summed E-state index contributed by atoms with van der Waals surface area (Å²) in [5.41, 5.74) is 1.51. The number of ether oxygens (including phenoxy) is 3. The fourth-order valence-corrected chi connectivity index (χ4v) is 10.0. The summed E-state index contributed by atoms with van der Waals surface area (Å²) in [5, 5.41) is 0. The molecular weight excluding hydrogens is 366 g/mol. The van der Waals surface area contributed by atoms with Gasteiger partial charge >= 0.3 is 5.97 Å². The highest BCUT2D eigenvalue weighted by atomic mass is 16.6. The van der Waals surface area contributed by atoms with Gasteiger partial charge in [-0.3, -0.25) is 4.79 Å². The lowest BCUT2D eigenvalue weighted by Crippen LogP contribution is -2.83. The molecule has 9 aliphatic rings. The zero-order valence-corrected chi connectivity index (χ0v) is 17.7. The van der Waals surface area contributed by atoms with Gasteiger partial charge in [0.15, 0.2) is 0 Å². The van der Waals surface area contributed by atoms with Crippen molar-refractivity contribution in [1.82, 2.24) is 4.90 Å². The Balaban J connectivity index is 1.42. The third-order valence-corrected chi connectivity index (χ3v) is 10.7. The second-order valence-electron chi connectivity index (χ2n) is 11.4. The van der Waals surface area contributed by atoms with E-state index in [0.717, 1.165) is 26.0 Å². The van der Waals surface area contributed by atoms with E-state index in [4.69, 9.17) is 14.2 Å². The van der Waals surface area contributed by atoms with Crippen LogP contribution in [0.4, 0.5) is 0 Å². The average molecular weight is 400 g/mol. The highest BCUT2D eigenvalue weighted by Gasteiger charge is 2.81. The Hall–Kier alpha value is -0.910. The molecule has 0 aromatic heterocycles. The first-order valence-electron chi connectivity index (χ1n) is 11.8. The van der Waals surface area contributed by atoms with Crippen LogP contribution in [0.2, 0.25) is 0 Å². The molecule has 29 heavy (non-hydrogen) atoms. The van der Waals surface area contributed by atoms with Crippen molar-refractivity contribution in [3.63, 3.8) is 0 Å². The maximum atomic E-state index is 12.1. The minimum atomic E-state index is -0.169. The number of hydrogen-bond acceptors (Lipinski definition) is 5. The topological polar surface area (TPSA) is 48.0 Å². The number of carbonyl (C=O) groups is 1. The van der Waals surface area contributed by atoms with Crippen molar-refractivity contribution >= 4 is 5.97 Å². The van der Waals surface area contributed by atoms with Gasteiger partial charge in [-0.2, -0.15) is 0 Å². The number of hydrogen-bond donors (Lipinski definition) is 0. The van der Waals surface area contributed by atoms with Crippen LogP contribution in [-0.2, 0) is 19.0 Å². The number of carbonyl (C=O) groups excluding carboxylic acids is 1. The van der Waals surface area contributed by atoms with Gasteiger partial charge in [0.25, 0.3) is 0 Å². The smallest absolute Gasteiger partial charge is 0.303 e. The lowest BCUT2D eigenvalue weighted by atomic mass is 9.32. The van der Waals surface area contributed by atoms with Gasteiger partial charge in [-0.1, -0.05) is 19.9 Å². The Morgan fingerprint density at radius 2 is 2.03 bits per heavy atom. The first-order chi connectivity index (χ1) is 13.9. The van der Waals surface area contributed by atoms with Crippen LogP contribution in [0, 0.1) is 34.0 Å². The summed E-state index contributed by atoms with van der Waals surface area (Å²) in [6, 6.07) is 0. The summed E-state index contributed by atoms with van der Waals surface area (Å²) in [6.07, 6.45) is 8.86. The molecule has 5 saturated carbocycles. The third-order valence-electron chi connectivity index (χ3n) is 10.7. The van der Waals surface area contributed by atoms with Crippen LogP contribution in [0.3, 0.4) is 0 Å². The van der Waals surface area contributed by atoms with E-state index in [1.165, 1.54) is 37.7 Å². The van der Waals surface area contributed by atoms with Gasteiger partial charge in [-0.25, -0.2) is 4.90 Å². The molecule has 10 atom stereocenters. The van der Waals surface area contributed by atoms with E-state index in [9.17, 15) is 4.79 Å². The Morgan fingerprint density at radius 3 is 2.86 bits per heavy atom. The van der Waals surface area contributed by atoms with Crippen molar-refractivity contribution in [2.75, 3.05) is 13.2 Å². The van der Waals surface area contributed by atoms with Crippen LogP contribution in [0.15, 0.2) is 12.2 Å². The van der Waals surface area contributed by atoms with Crippen molar-refractivity contribution in [3.05, 3.63) is 12.2 Å². The fraction of sp³-hybridized carbons (Fsp3) is 0.875. The number of esters is 1. The van der Waals surface area contributed by atoms with Crippen LogP contribution in [0.1, 0.15) is 58.8 Å². The number of fused-ring (bicyclic) bond motifs is 4. The summed E-state index contributed by atoms with van der Waals surface area (Å²) in [5.74, 6) is 1.57. The van der Waals surface area contributed by atoms with E-state index >= 15 is 0 Å². The molecule has 2 spiro atoms. The van der Waals surface area contributed by atoms with E-state index < -0.39 is 0 Å². The number of rotatable bonds is 1. The zero-order valence-electron chi connectivity index (χ0n) is 17.7. The van der Waals surface area contributed by atoms with E-state index in [-0.39, 0.29) is 46.9 Å². The van der Waals surface area contributed by atoms with Crippen molar-refractivity contribution in [1.29, 1.82) is 0 Å². The summed E-state index contributed by atoms with van der Waals surface area (Å²) in [4.78, 5) is 14.7. The van der Waals surface area contributed by atoms with E-state index in [1.54, 1.807) is 6.92 Å². The van der Waals surface area contributed by atoms with Gasteiger partial charge < -0.3 is 14.2 Å². The van der Waals surface area contributed by atoms with Gasteiger partial charge in [0.05, 0.1) is 12.7 Å². The van der Waals surface area contributed by atoms with Crippen LogP contribution in [0.25, 0.3) is 0 Å². The van der Waals surface area contributed by atoms with Crippen molar-refractivity contribution in [3.8, 4) is 0 Å². The molecule has 4 heterocycles. The molecule has 4 aliphatic heterocycles. The van der Waals surface area contributed by atoms with Gasteiger partial charge in [0, 0.05) is 29.7 Å². The number of nitrogens with zero attached hydrogens (tertiary/aromatic N) is 1. The molecule has 0 amide bonds. The molecule has 0 aromatic carbocycles. The predicted molar refractivity (Wildman–Crippen MR) is 106 cm³/mol. The molecule has 0 radical (unpaired) electrons. The summed E-state index contributed by atoms with van der Waals surface area (Å²) < 4.78 is 19.5. The van der Waals surface area contributed by atoms with Gasteiger partial charge in [0.1, 0.15) is 18.6 Å². The molecule has 1 unspecified atom stereocenters. The minimum Gasteiger partial charge on any atom is -0.457 e. The fourth-order valence-electron chi connectivity index (χ4n) is 10.0. The highest BCUT2D eigenvalue weighted by molar-refractivity contribution is 5.67. The van der Waals surface area contributed by atoms with Crippen LogP contribution >= 0.6 is 0 Å². The summed E-state index contributed by atoms with van der Waals surface area (Å²) in [6.45, 7) is 10.3. The molecule has 0 N–H and O–H groups in total. The van der Waals surface area contributed by atoms with E-state index in [2.05, 4.69) is 18.4 Å². The molecule has 9 fully saturated rings. The molecule has 9 rings (SSSR count). The molecule has 4 saturated heterocycles. The molecule has 5 aliphatic carbocycles. The largest absolute Gasteiger partial charge is 0.457 e. The second-order valence-corrected chi connectivity index (χ2v) is 11.4. The predicted octanol–water partition coefficient (Wildman–Crippen LogP) is 3.48. The van der Waals surface area contributed by atoms with E-state index in [1.807, 2.05) is 0 Å². The minimum absolute atomic E-state index is 0.0594. The Morgan fingerprint density at radius 1 is 1.17 bits per heavy atom. The summed E-state index contributed by atoms with van der Waals surface area (Å²) in [7, 11) is 0. The van der Waals surface area contributed by atoms with Crippen molar-refractivity contribution in [2.24, 2.45) is 34.0 Å². The number of piperidine rings is 1. The highest BCUT2D eigenvalue weighted by Crippen LogP contribution is 2.79. The third kappa shape index (κ3) is 1.74. The second kappa shape index (κ2) is 5.28. The molecule has 5 nitrogen and oxygen atoms in total. The van der Waals surface area contributed by atoms with Crippen LogP contribution < -0.4 is 0 Å². The lowest BCUT2D eigenvalue weighted by molar-refractivity contribution is -0.422. The first-order valence-corrected chi connectivity index (χ1v) is 11.8. The Kier molecular flexibility index (Phi) is 3.23. The van der Waals surface area contributed by atoms with Gasteiger partial charge in [-0.05, 0) is 61.9 Å². The quantitative estimate of drug-likeness (QED) is 0.499.